The van der Waals surface area contributed by atoms with Crippen molar-refractivity contribution in [3.63, 3.8) is 0 Å². The number of halogens is 4. The number of carboxylic acid groups (broad SMARTS) is 1. The van der Waals surface area contributed by atoms with E-state index in [9.17, 15) is 27.9 Å². The van der Waals surface area contributed by atoms with Crippen LogP contribution in [0.25, 0.3) is 11.1 Å². The number of alkyl halides is 3. The normalized spacial score (nSPS) is 11.5. The van der Waals surface area contributed by atoms with Crippen LogP contribution in [-0.2, 0) is 5.41 Å². The van der Waals surface area contributed by atoms with Crippen molar-refractivity contribution in [1.29, 1.82) is 0 Å². The molecule has 0 unspecified atom stereocenters. The zero-order chi connectivity index (χ0) is 30.7. The van der Waals surface area contributed by atoms with Crippen LogP contribution in [0.15, 0.2) is 84.9 Å². The van der Waals surface area contributed by atoms with Gasteiger partial charge in [-0.3, -0.25) is 0 Å². The number of nitrogens with one attached hydrogen (secondary N) is 2. The third-order valence-electron chi connectivity index (χ3n) is 5.97. The summed E-state index contributed by atoms with van der Waals surface area (Å²) in [7, 11) is 0. The number of aromatic carboxylic acids is 1. The molecule has 0 aliphatic carbocycles. The molecule has 0 radical (unpaired) electrons. The van der Waals surface area contributed by atoms with Gasteiger partial charge in [0.1, 0.15) is 11.5 Å². The molecule has 0 aliphatic rings. The summed E-state index contributed by atoms with van der Waals surface area (Å²) in [6, 6.07) is 20.7. The molecule has 4 rings (SSSR count). The Morgan fingerprint density at radius 3 is 2.14 bits per heavy atom. The fourth-order valence-corrected chi connectivity index (χ4v) is 4.33. The number of anilines is 2. The Balaban J connectivity index is 1.68. The van der Waals surface area contributed by atoms with Crippen LogP contribution in [0.4, 0.5) is 29.3 Å². The van der Waals surface area contributed by atoms with Crippen LogP contribution in [0.3, 0.4) is 0 Å². The molecule has 0 saturated heterocycles. The maximum atomic E-state index is 13.0. The highest BCUT2D eigenvalue weighted by Crippen LogP contribution is 2.39. The highest BCUT2D eigenvalue weighted by atomic mass is 35.5. The number of para-hydroxylation sites is 1. The number of carbonyl (C=O) groups excluding carboxylic acids is 1. The van der Waals surface area contributed by atoms with Crippen LogP contribution in [0.1, 0.15) is 36.7 Å². The van der Waals surface area contributed by atoms with Crippen molar-refractivity contribution < 1.29 is 37.3 Å². The Morgan fingerprint density at radius 1 is 0.810 bits per heavy atom. The largest absolute Gasteiger partial charge is 0.573 e. The van der Waals surface area contributed by atoms with Crippen molar-refractivity contribution in [2.75, 3.05) is 10.6 Å². The number of ether oxygens (including phenoxy) is 2. The molecule has 0 bridgehead atoms. The van der Waals surface area contributed by atoms with Gasteiger partial charge >= 0.3 is 18.4 Å². The van der Waals surface area contributed by atoms with E-state index < -0.39 is 24.1 Å². The van der Waals surface area contributed by atoms with Gasteiger partial charge in [0.25, 0.3) is 0 Å². The van der Waals surface area contributed by atoms with Crippen molar-refractivity contribution in [1.82, 2.24) is 0 Å². The van der Waals surface area contributed by atoms with E-state index >= 15 is 0 Å². The monoisotopic (exact) mass is 598 g/mol. The van der Waals surface area contributed by atoms with Crippen LogP contribution in [0, 0.1) is 0 Å². The lowest BCUT2D eigenvalue weighted by Gasteiger charge is -2.23. The molecule has 0 aliphatic heterocycles. The second-order valence-electron chi connectivity index (χ2n) is 10.2. The van der Waals surface area contributed by atoms with Crippen molar-refractivity contribution in [3.8, 4) is 28.4 Å². The van der Waals surface area contributed by atoms with E-state index in [4.69, 9.17) is 16.3 Å². The first-order chi connectivity index (χ1) is 19.7. The predicted molar refractivity (Wildman–Crippen MR) is 155 cm³/mol. The highest BCUT2D eigenvalue weighted by Gasteiger charge is 2.31. The number of amides is 2. The first-order valence-electron chi connectivity index (χ1n) is 12.6. The summed E-state index contributed by atoms with van der Waals surface area (Å²) in [5, 5.41) is 15.0. The zero-order valence-corrected chi connectivity index (χ0v) is 23.4. The highest BCUT2D eigenvalue weighted by molar-refractivity contribution is 6.31. The Bertz CT molecular complexity index is 1620. The second-order valence-corrected chi connectivity index (χ2v) is 10.7. The number of urea groups is 1. The maximum absolute atomic E-state index is 13.0. The molecule has 218 valence electrons. The number of hydrogen-bond acceptors (Lipinski definition) is 4. The van der Waals surface area contributed by atoms with E-state index in [1.165, 1.54) is 24.3 Å². The van der Waals surface area contributed by atoms with Crippen molar-refractivity contribution in [2.24, 2.45) is 0 Å². The fourth-order valence-electron chi connectivity index (χ4n) is 4.09. The first-order valence-corrected chi connectivity index (χ1v) is 13.0. The number of hydrogen-bond donors (Lipinski definition) is 3. The van der Waals surface area contributed by atoms with Gasteiger partial charge < -0.3 is 25.2 Å². The first kappa shape index (κ1) is 30.3. The predicted octanol–water partition coefficient (Wildman–Crippen LogP) is 9.34. The van der Waals surface area contributed by atoms with E-state index in [0.29, 0.717) is 22.6 Å². The van der Waals surface area contributed by atoms with Gasteiger partial charge in [0.2, 0.25) is 0 Å². The molecule has 2 amide bonds. The van der Waals surface area contributed by atoms with Crippen LogP contribution in [-0.4, -0.2) is 23.5 Å². The van der Waals surface area contributed by atoms with Gasteiger partial charge in [0.05, 0.1) is 11.3 Å². The van der Waals surface area contributed by atoms with E-state index in [1.807, 2.05) is 39.0 Å². The van der Waals surface area contributed by atoms with Gasteiger partial charge in [-0.05, 0) is 77.2 Å². The van der Waals surface area contributed by atoms with E-state index in [0.717, 1.165) is 17.7 Å². The molecule has 11 heteroatoms. The minimum Gasteiger partial charge on any atom is -0.478 e. The smallest absolute Gasteiger partial charge is 0.478 e. The van der Waals surface area contributed by atoms with Gasteiger partial charge in [0.15, 0.2) is 5.75 Å². The van der Waals surface area contributed by atoms with Crippen LogP contribution < -0.4 is 20.1 Å². The molecule has 0 atom stereocenters. The molecule has 4 aromatic rings. The quantitative estimate of drug-likeness (QED) is 0.197. The molecule has 3 N–H and O–H groups in total. The van der Waals surface area contributed by atoms with Crippen molar-refractivity contribution in [3.05, 3.63) is 101 Å². The maximum Gasteiger partial charge on any atom is 0.573 e. The van der Waals surface area contributed by atoms with Gasteiger partial charge in [0, 0.05) is 16.3 Å². The Kier molecular flexibility index (Phi) is 8.67. The average molecular weight is 599 g/mol. The van der Waals surface area contributed by atoms with Gasteiger partial charge in [-0.15, -0.1) is 13.2 Å². The SMILES string of the molecule is CC(C)(C)c1ccccc1Oc1ccc(-c2cc(Cl)cc(C(=O)O)c2)cc1NC(=O)Nc1ccc(OC(F)(F)F)cc1. The third kappa shape index (κ3) is 7.94. The van der Waals surface area contributed by atoms with Crippen LogP contribution in [0.5, 0.6) is 17.2 Å². The Hall–Kier alpha value is -4.70. The number of carboxylic acids is 1. The molecule has 42 heavy (non-hydrogen) atoms. The molecule has 0 heterocycles. The minimum absolute atomic E-state index is 0.0119. The van der Waals surface area contributed by atoms with Gasteiger partial charge in [-0.1, -0.05) is 56.6 Å². The lowest BCUT2D eigenvalue weighted by Crippen LogP contribution is -2.20. The number of rotatable bonds is 7. The van der Waals surface area contributed by atoms with Crippen molar-refractivity contribution in [2.45, 2.75) is 32.5 Å². The standard InChI is InChI=1S/C31H26ClF3N2O5/c1-30(2,3)24-6-4-5-7-26(24)41-27-13-8-18(19-14-20(28(38)39)16-21(32)15-19)17-25(27)37-29(40)36-22-9-11-23(12-10-22)42-31(33,34)35/h4-17H,1-3H3,(H,38,39)(H2,36,37,40). The van der Waals surface area contributed by atoms with Gasteiger partial charge in [-0.2, -0.15) is 0 Å². The summed E-state index contributed by atoms with van der Waals surface area (Å²) in [4.78, 5) is 24.6. The summed E-state index contributed by atoms with van der Waals surface area (Å²) >= 11 is 6.16. The van der Waals surface area contributed by atoms with E-state index in [-0.39, 0.29) is 27.4 Å². The minimum atomic E-state index is -4.84. The second kappa shape index (κ2) is 12.0. The summed E-state index contributed by atoms with van der Waals surface area (Å²) < 4.78 is 47.5. The lowest BCUT2D eigenvalue weighted by molar-refractivity contribution is -0.274. The van der Waals surface area contributed by atoms with Gasteiger partial charge in [-0.25, -0.2) is 9.59 Å². The lowest BCUT2D eigenvalue weighted by atomic mass is 9.86. The molecule has 7 nitrogen and oxygen atoms in total. The van der Waals surface area contributed by atoms with Crippen LogP contribution >= 0.6 is 11.6 Å². The Labute approximate surface area is 244 Å². The van der Waals surface area contributed by atoms with Crippen LogP contribution in [0.2, 0.25) is 5.02 Å². The van der Waals surface area contributed by atoms with E-state index in [1.54, 1.807) is 30.3 Å². The number of carbonyl (C=O) groups is 2. The average Bonchev–Trinajstić information content (AvgIpc) is 2.89. The summed E-state index contributed by atoms with van der Waals surface area (Å²) in [6.45, 7) is 6.11. The van der Waals surface area contributed by atoms with E-state index in [2.05, 4.69) is 15.4 Å². The molecular weight excluding hydrogens is 573 g/mol. The molecule has 0 aromatic heterocycles. The number of benzene rings is 4. The summed E-state index contributed by atoms with van der Waals surface area (Å²) in [5.74, 6) is -0.726. The summed E-state index contributed by atoms with van der Waals surface area (Å²) in [6.07, 6.45) is -4.84. The topological polar surface area (TPSA) is 96.9 Å². The zero-order valence-electron chi connectivity index (χ0n) is 22.7. The molecule has 0 saturated carbocycles. The third-order valence-corrected chi connectivity index (χ3v) is 6.18. The van der Waals surface area contributed by atoms with Crippen molar-refractivity contribution >= 4 is 35.0 Å². The molecule has 0 spiro atoms. The summed E-state index contributed by atoms with van der Waals surface area (Å²) in [5.41, 5.74) is 2.14. The fraction of sp³-hybridized carbons (Fsp3) is 0.161. The molecule has 0 fully saturated rings. The molecular formula is C31H26ClF3N2O5. The Morgan fingerprint density at radius 2 is 1.50 bits per heavy atom. The molecule has 4 aromatic carbocycles.